The van der Waals surface area contributed by atoms with Crippen molar-refractivity contribution in [2.45, 2.75) is 6.04 Å². The van der Waals surface area contributed by atoms with Crippen LogP contribution in [-0.4, -0.2) is 0 Å². The molecule has 1 aromatic carbocycles. The lowest BCUT2D eigenvalue weighted by Gasteiger charge is -2.11. The minimum Gasteiger partial charge on any atom is -0.320 e. The lowest BCUT2D eigenvalue weighted by Crippen LogP contribution is -2.12. The summed E-state index contributed by atoms with van der Waals surface area (Å²) in [4.78, 5) is 0. The van der Waals surface area contributed by atoms with Crippen molar-refractivity contribution < 1.29 is 4.39 Å². The highest BCUT2D eigenvalue weighted by molar-refractivity contribution is 7.08. The Balaban J connectivity index is 2.41. The van der Waals surface area contributed by atoms with Crippen LogP contribution < -0.4 is 5.73 Å². The van der Waals surface area contributed by atoms with E-state index in [-0.39, 0.29) is 5.82 Å². The molecule has 4 heteroatoms. The SMILES string of the molecule is NC(c1ccsc1)c1cc(Cl)ccc1F. The topological polar surface area (TPSA) is 26.0 Å². The van der Waals surface area contributed by atoms with E-state index in [1.54, 1.807) is 6.07 Å². The van der Waals surface area contributed by atoms with E-state index < -0.39 is 6.04 Å². The van der Waals surface area contributed by atoms with Gasteiger partial charge in [0.1, 0.15) is 5.82 Å². The Morgan fingerprint density at radius 2 is 2.13 bits per heavy atom. The van der Waals surface area contributed by atoms with Crippen LogP contribution in [-0.2, 0) is 0 Å². The van der Waals surface area contributed by atoms with Gasteiger partial charge >= 0.3 is 0 Å². The molecule has 0 bridgehead atoms. The van der Waals surface area contributed by atoms with Crippen LogP contribution in [0.1, 0.15) is 17.2 Å². The third-order valence-electron chi connectivity index (χ3n) is 2.20. The summed E-state index contributed by atoms with van der Waals surface area (Å²) in [7, 11) is 0. The molecule has 0 aliphatic heterocycles. The second-order valence-corrected chi connectivity index (χ2v) is 4.42. The Morgan fingerprint density at radius 3 is 2.80 bits per heavy atom. The Morgan fingerprint density at radius 1 is 1.33 bits per heavy atom. The summed E-state index contributed by atoms with van der Waals surface area (Å²) in [6.45, 7) is 0. The predicted molar refractivity (Wildman–Crippen MR) is 61.8 cm³/mol. The monoisotopic (exact) mass is 241 g/mol. The summed E-state index contributed by atoms with van der Waals surface area (Å²) < 4.78 is 13.5. The largest absolute Gasteiger partial charge is 0.320 e. The van der Waals surface area contributed by atoms with E-state index >= 15 is 0 Å². The first-order valence-corrected chi connectivity index (χ1v) is 5.73. The molecule has 1 nitrogen and oxygen atoms in total. The van der Waals surface area contributed by atoms with Crippen molar-refractivity contribution in [2.24, 2.45) is 5.73 Å². The number of hydrogen-bond donors (Lipinski definition) is 1. The Kier molecular flexibility index (Phi) is 3.05. The molecular weight excluding hydrogens is 233 g/mol. The van der Waals surface area contributed by atoms with E-state index in [0.717, 1.165) is 5.56 Å². The second kappa shape index (κ2) is 4.31. The molecule has 1 unspecified atom stereocenters. The van der Waals surface area contributed by atoms with Gasteiger partial charge in [0.25, 0.3) is 0 Å². The van der Waals surface area contributed by atoms with Gasteiger partial charge in [-0.2, -0.15) is 11.3 Å². The fraction of sp³-hybridized carbons (Fsp3) is 0.0909. The summed E-state index contributed by atoms with van der Waals surface area (Å²) in [6, 6.07) is 5.86. The average Bonchev–Trinajstić information content (AvgIpc) is 2.74. The van der Waals surface area contributed by atoms with Crippen LogP contribution in [0.3, 0.4) is 0 Å². The maximum atomic E-state index is 13.5. The van der Waals surface area contributed by atoms with Crippen molar-refractivity contribution in [1.29, 1.82) is 0 Å². The third-order valence-corrected chi connectivity index (χ3v) is 3.13. The molecular formula is C11H9ClFNS. The zero-order chi connectivity index (χ0) is 10.8. The molecule has 1 aromatic heterocycles. The van der Waals surface area contributed by atoms with E-state index in [2.05, 4.69) is 0 Å². The molecule has 0 amide bonds. The molecule has 1 atom stereocenters. The minimum absolute atomic E-state index is 0.321. The number of halogens is 2. The molecule has 0 spiro atoms. The van der Waals surface area contributed by atoms with Crippen molar-refractivity contribution in [3.63, 3.8) is 0 Å². The number of benzene rings is 1. The van der Waals surface area contributed by atoms with Gasteiger partial charge in [-0.05, 0) is 40.6 Å². The quantitative estimate of drug-likeness (QED) is 0.855. The van der Waals surface area contributed by atoms with Gasteiger partial charge in [-0.3, -0.25) is 0 Å². The maximum Gasteiger partial charge on any atom is 0.128 e. The first kappa shape index (κ1) is 10.6. The first-order chi connectivity index (χ1) is 7.18. The number of thiophene rings is 1. The molecule has 15 heavy (non-hydrogen) atoms. The standard InChI is InChI=1S/C11H9ClFNS/c12-8-1-2-10(13)9(5-8)11(14)7-3-4-15-6-7/h1-6,11H,14H2. The van der Waals surface area contributed by atoms with Crippen molar-refractivity contribution in [1.82, 2.24) is 0 Å². The van der Waals surface area contributed by atoms with Crippen molar-refractivity contribution >= 4 is 22.9 Å². The maximum absolute atomic E-state index is 13.5. The first-order valence-electron chi connectivity index (χ1n) is 4.41. The molecule has 2 rings (SSSR count). The molecule has 0 aliphatic rings. The summed E-state index contributed by atoms with van der Waals surface area (Å²) in [5.74, 6) is -0.321. The molecule has 0 radical (unpaired) electrons. The fourth-order valence-electron chi connectivity index (χ4n) is 1.38. The lowest BCUT2D eigenvalue weighted by atomic mass is 10.0. The van der Waals surface area contributed by atoms with Gasteiger partial charge in [0, 0.05) is 10.6 Å². The van der Waals surface area contributed by atoms with Crippen molar-refractivity contribution in [3.8, 4) is 0 Å². The van der Waals surface area contributed by atoms with Crippen molar-refractivity contribution in [3.05, 3.63) is 57.0 Å². The Hall–Kier alpha value is -0.900. The van der Waals surface area contributed by atoms with Crippen LogP contribution in [0.25, 0.3) is 0 Å². The molecule has 78 valence electrons. The lowest BCUT2D eigenvalue weighted by molar-refractivity contribution is 0.600. The highest BCUT2D eigenvalue weighted by Crippen LogP contribution is 2.26. The smallest absolute Gasteiger partial charge is 0.128 e. The van der Waals surface area contributed by atoms with Crippen LogP contribution in [0.15, 0.2) is 35.0 Å². The van der Waals surface area contributed by atoms with Gasteiger partial charge in [0.2, 0.25) is 0 Å². The molecule has 2 N–H and O–H groups in total. The van der Waals surface area contributed by atoms with E-state index in [0.29, 0.717) is 10.6 Å². The fourth-order valence-corrected chi connectivity index (χ4v) is 2.26. The normalized spacial score (nSPS) is 12.7. The number of rotatable bonds is 2. The molecule has 2 aromatic rings. The van der Waals surface area contributed by atoms with Crippen LogP contribution in [0.2, 0.25) is 5.02 Å². The third kappa shape index (κ3) is 2.20. The zero-order valence-electron chi connectivity index (χ0n) is 7.78. The van der Waals surface area contributed by atoms with E-state index in [9.17, 15) is 4.39 Å². The van der Waals surface area contributed by atoms with Crippen LogP contribution >= 0.6 is 22.9 Å². The molecule has 0 aliphatic carbocycles. The van der Waals surface area contributed by atoms with E-state index in [1.165, 1.54) is 23.5 Å². The highest BCUT2D eigenvalue weighted by Gasteiger charge is 2.14. The van der Waals surface area contributed by atoms with Crippen LogP contribution in [0.4, 0.5) is 4.39 Å². The van der Waals surface area contributed by atoms with Crippen LogP contribution in [0, 0.1) is 5.82 Å². The van der Waals surface area contributed by atoms with Gasteiger partial charge in [0.05, 0.1) is 6.04 Å². The van der Waals surface area contributed by atoms with E-state index in [4.69, 9.17) is 17.3 Å². The van der Waals surface area contributed by atoms with Gasteiger partial charge in [-0.25, -0.2) is 4.39 Å². The summed E-state index contributed by atoms with van der Waals surface area (Å²) in [5, 5.41) is 4.32. The zero-order valence-corrected chi connectivity index (χ0v) is 9.36. The molecule has 0 fully saturated rings. The average molecular weight is 242 g/mol. The Labute approximate surface area is 96.3 Å². The van der Waals surface area contributed by atoms with Crippen LogP contribution in [0.5, 0.6) is 0 Å². The highest BCUT2D eigenvalue weighted by atomic mass is 35.5. The summed E-state index contributed by atoms with van der Waals surface area (Å²) in [6.07, 6.45) is 0. The van der Waals surface area contributed by atoms with Gasteiger partial charge < -0.3 is 5.73 Å². The van der Waals surface area contributed by atoms with Gasteiger partial charge in [-0.15, -0.1) is 0 Å². The molecule has 0 saturated heterocycles. The van der Waals surface area contributed by atoms with Gasteiger partial charge in [-0.1, -0.05) is 11.6 Å². The number of nitrogens with two attached hydrogens (primary N) is 1. The van der Waals surface area contributed by atoms with Gasteiger partial charge in [0.15, 0.2) is 0 Å². The Bertz CT molecular complexity index is 456. The number of hydrogen-bond acceptors (Lipinski definition) is 2. The van der Waals surface area contributed by atoms with Crippen molar-refractivity contribution in [2.75, 3.05) is 0 Å². The summed E-state index contributed by atoms with van der Waals surface area (Å²) in [5.41, 5.74) is 7.27. The predicted octanol–water partition coefficient (Wildman–Crippen LogP) is 3.59. The van der Waals surface area contributed by atoms with E-state index in [1.807, 2.05) is 16.8 Å². The minimum atomic E-state index is -0.449. The molecule has 1 heterocycles. The second-order valence-electron chi connectivity index (χ2n) is 3.20. The summed E-state index contributed by atoms with van der Waals surface area (Å²) >= 11 is 7.34. The molecule has 0 saturated carbocycles.